The summed E-state index contributed by atoms with van der Waals surface area (Å²) in [6.45, 7) is 4.33. The summed E-state index contributed by atoms with van der Waals surface area (Å²) in [5.41, 5.74) is 0. The van der Waals surface area contributed by atoms with Crippen molar-refractivity contribution in [3.05, 3.63) is 16.1 Å². The molecule has 4 heteroatoms. The lowest BCUT2D eigenvalue weighted by molar-refractivity contribution is -0.136. The average molecular weight is 213 g/mol. The van der Waals surface area contributed by atoms with Gasteiger partial charge >= 0.3 is 5.97 Å². The third kappa shape index (κ3) is 3.87. The second-order valence-corrected chi connectivity index (χ2v) is 4.91. The number of hydrogen-bond donors (Lipinski definition) is 1. The number of aryl methyl sites for hydroxylation is 1. The monoisotopic (exact) mass is 213 g/mol. The minimum atomic E-state index is -0.759. The van der Waals surface area contributed by atoms with Crippen molar-refractivity contribution in [2.24, 2.45) is 5.92 Å². The van der Waals surface area contributed by atoms with Crippen LogP contribution in [-0.4, -0.2) is 16.1 Å². The molecule has 0 atom stereocenters. The van der Waals surface area contributed by atoms with Crippen LogP contribution in [0.1, 0.15) is 30.2 Å². The lowest BCUT2D eigenvalue weighted by Crippen LogP contribution is -1.96. The van der Waals surface area contributed by atoms with E-state index in [1.54, 1.807) is 11.3 Å². The molecule has 0 aromatic carbocycles. The number of aliphatic carboxylic acids is 1. The second-order valence-electron chi connectivity index (χ2n) is 3.71. The normalized spacial score (nSPS) is 10.8. The first-order valence-corrected chi connectivity index (χ1v) is 5.55. The first-order valence-electron chi connectivity index (χ1n) is 4.73. The maximum atomic E-state index is 10.3. The SMILES string of the molecule is CC(C)Cc1cnc(CCC(=O)O)s1. The fourth-order valence-corrected chi connectivity index (χ4v) is 2.31. The lowest BCUT2D eigenvalue weighted by Gasteiger charge is -1.98. The molecule has 1 heterocycles. The van der Waals surface area contributed by atoms with Crippen molar-refractivity contribution in [1.82, 2.24) is 4.98 Å². The minimum Gasteiger partial charge on any atom is -0.481 e. The fourth-order valence-electron chi connectivity index (χ4n) is 1.17. The van der Waals surface area contributed by atoms with Crippen molar-refractivity contribution < 1.29 is 9.90 Å². The van der Waals surface area contributed by atoms with Gasteiger partial charge in [0.1, 0.15) is 0 Å². The summed E-state index contributed by atoms with van der Waals surface area (Å²) >= 11 is 1.63. The van der Waals surface area contributed by atoms with Crippen molar-refractivity contribution in [3.8, 4) is 0 Å². The Balaban J connectivity index is 2.46. The molecule has 14 heavy (non-hydrogen) atoms. The summed E-state index contributed by atoms with van der Waals surface area (Å²) in [5.74, 6) is -0.131. The molecule has 0 aliphatic rings. The van der Waals surface area contributed by atoms with E-state index in [-0.39, 0.29) is 6.42 Å². The number of carboxylic acids is 1. The Morgan fingerprint density at radius 3 is 2.93 bits per heavy atom. The topological polar surface area (TPSA) is 50.2 Å². The predicted octanol–water partition coefficient (Wildman–Crippen LogP) is 2.36. The molecule has 0 spiro atoms. The van der Waals surface area contributed by atoms with Crippen LogP contribution in [0.3, 0.4) is 0 Å². The summed E-state index contributed by atoms with van der Waals surface area (Å²) in [7, 11) is 0. The first-order chi connectivity index (χ1) is 6.58. The van der Waals surface area contributed by atoms with Crippen LogP contribution in [0.25, 0.3) is 0 Å². The van der Waals surface area contributed by atoms with Gasteiger partial charge in [0, 0.05) is 17.5 Å². The van der Waals surface area contributed by atoms with Crippen molar-refractivity contribution in [1.29, 1.82) is 0 Å². The maximum Gasteiger partial charge on any atom is 0.303 e. The van der Waals surface area contributed by atoms with Gasteiger partial charge in [-0.1, -0.05) is 13.8 Å². The highest BCUT2D eigenvalue weighted by Gasteiger charge is 2.05. The Morgan fingerprint density at radius 2 is 2.36 bits per heavy atom. The molecule has 0 saturated carbocycles. The third-order valence-corrected chi connectivity index (χ3v) is 2.84. The standard InChI is InChI=1S/C10H15NO2S/c1-7(2)5-8-6-11-9(14-8)3-4-10(12)13/h6-7H,3-5H2,1-2H3,(H,12,13). The lowest BCUT2D eigenvalue weighted by atomic mass is 10.1. The number of hydrogen-bond acceptors (Lipinski definition) is 3. The molecule has 0 unspecified atom stereocenters. The molecule has 1 N–H and O–H groups in total. The Bertz CT molecular complexity index is 307. The molecule has 1 aromatic heterocycles. The highest BCUT2D eigenvalue weighted by molar-refractivity contribution is 7.11. The van der Waals surface area contributed by atoms with E-state index >= 15 is 0 Å². The quantitative estimate of drug-likeness (QED) is 0.816. The van der Waals surface area contributed by atoms with E-state index in [0.29, 0.717) is 12.3 Å². The Kier molecular flexibility index (Phi) is 4.07. The van der Waals surface area contributed by atoms with Gasteiger partial charge in [0.25, 0.3) is 0 Å². The zero-order valence-corrected chi connectivity index (χ0v) is 9.30. The van der Waals surface area contributed by atoms with E-state index < -0.39 is 5.97 Å². The van der Waals surface area contributed by atoms with Crippen molar-refractivity contribution >= 4 is 17.3 Å². The zero-order chi connectivity index (χ0) is 10.6. The van der Waals surface area contributed by atoms with Crippen LogP contribution < -0.4 is 0 Å². The van der Waals surface area contributed by atoms with E-state index in [9.17, 15) is 4.79 Å². The molecular weight excluding hydrogens is 198 g/mol. The van der Waals surface area contributed by atoms with Gasteiger partial charge in [-0.25, -0.2) is 4.98 Å². The van der Waals surface area contributed by atoms with Crippen LogP contribution in [-0.2, 0) is 17.6 Å². The molecule has 0 radical (unpaired) electrons. The molecule has 3 nitrogen and oxygen atoms in total. The molecule has 78 valence electrons. The Labute approximate surface area is 87.8 Å². The Hall–Kier alpha value is -0.900. The van der Waals surface area contributed by atoms with Gasteiger partial charge in [0.2, 0.25) is 0 Å². The molecule has 1 aromatic rings. The highest BCUT2D eigenvalue weighted by Crippen LogP contribution is 2.17. The highest BCUT2D eigenvalue weighted by atomic mass is 32.1. The summed E-state index contributed by atoms with van der Waals surface area (Å²) < 4.78 is 0. The van der Waals surface area contributed by atoms with Gasteiger partial charge in [-0.05, 0) is 12.3 Å². The maximum absolute atomic E-state index is 10.3. The van der Waals surface area contributed by atoms with E-state index in [1.165, 1.54) is 4.88 Å². The fraction of sp³-hybridized carbons (Fsp3) is 0.600. The number of rotatable bonds is 5. The predicted molar refractivity (Wildman–Crippen MR) is 56.6 cm³/mol. The second kappa shape index (κ2) is 5.10. The van der Waals surface area contributed by atoms with Gasteiger partial charge in [0.15, 0.2) is 0 Å². The molecule has 1 rings (SSSR count). The number of thiazole rings is 1. The van der Waals surface area contributed by atoms with Crippen LogP contribution in [0.2, 0.25) is 0 Å². The van der Waals surface area contributed by atoms with E-state index in [1.807, 2.05) is 6.20 Å². The molecule has 0 bridgehead atoms. The van der Waals surface area contributed by atoms with Gasteiger partial charge in [-0.15, -0.1) is 11.3 Å². The van der Waals surface area contributed by atoms with Crippen molar-refractivity contribution in [2.45, 2.75) is 33.1 Å². The smallest absolute Gasteiger partial charge is 0.303 e. The van der Waals surface area contributed by atoms with Crippen molar-refractivity contribution in [2.75, 3.05) is 0 Å². The van der Waals surface area contributed by atoms with E-state index in [0.717, 1.165) is 11.4 Å². The third-order valence-electron chi connectivity index (χ3n) is 1.76. The van der Waals surface area contributed by atoms with Crippen LogP contribution >= 0.6 is 11.3 Å². The largest absolute Gasteiger partial charge is 0.481 e. The molecular formula is C10H15NO2S. The zero-order valence-electron chi connectivity index (χ0n) is 8.49. The molecule has 0 saturated heterocycles. The summed E-state index contributed by atoms with van der Waals surface area (Å²) in [5, 5.41) is 9.44. The van der Waals surface area contributed by atoms with E-state index in [2.05, 4.69) is 18.8 Å². The number of aromatic nitrogens is 1. The van der Waals surface area contributed by atoms with Gasteiger partial charge < -0.3 is 5.11 Å². The number of nitrogens with zero attached hydrogens (tertiary/aromatic N) is 1. The number of carboxylic acid groups (broad SMARTS) is 1. The van der Waals surface area contributed by atoms with Crippen LogP contribution in [0.5, 0.6) is 0 Å². The average Bonchev–Trinajstić information content (AvgIpc) is 2.47. The molecule has 0 fully saturated rings. The van der Waals surface area contributed by atoms with E-state index in [4.69, 9.17) is 5.11 Å². The molecule has 0 aliphatic heterocycles. The van der Waals surface area contributed by atoms with Crippen LogP contribution in [0.15, 0.2) is 6.20 Å². The van der Waals surface area contributed by atoms with Crippen LogP contribution in [0.4, 0.5) is 0 Å². The summed E-state index contributed by atoms with van der Waals surface area (Å²) in [4.78, 5) is 15.8. The summed E-state index contributed by atoms with van der Waals surface area (Å²) in [6.07, 6.45) is 3.62. The summed E-state index contributed by atoms with van der Waals surface area (Å²) in [6, 6.07) is 0. The van der Waals surface area contributed by atoms with Crippen molar-refractivity contribution in [3.63, 3.8) is 0 Å². The number of carbonyl (C=O) groups is 1. The van der Waals surface area contributed by atoms with Gasteiger partial charge in [0.05, 0.1) is 11.4 Å². The Morgan fingerprint density at radius 1 is 1.64 bits per heavy atom. The minimum absolute atomic E-state index is 0.175. The van der Waals surface area contributed by atoms with Gasteiger partial charge in [-0.3, -0.25) is 4.79 Å². The molecule has 0 aliphatic carbocycles. The molecule has 0 amide bonds. The first kappa shape index (κ1) is 11.2. The van der Waals surface area contributed by atoms with Crippen LogP contribution in [0, 0.1) is 5.92 Å². The van der Waals surface area contributed by atoms with Gasteiger partial charge in [-0.2, -0.15) is 0 Å².